The largest absolute Gasteiger partial charge is 0.365 e. The van der Waals surface area contributed by atoms with Crippen molar-refractivity contribution in [1.82, 2.24) is 10.2 Å². The summed E-state index contributed by atoms with van der Waals surface area (Å²) in [7, 11) is 5.55. The van der Waals surface area contributed by atoms with Crippen molar-refractivity contribution in [3.05, 3.63) is 12.1 Å². The normalized spacial score (nSPS) is 28.4. The number of carbonyl (C=O) groups is 2. The molecule has 2 N–H and O–H groups in total. The van der Waals surface area contributed by atoms with E-state index in [1.54, 1.807) is 16.2 Å². The Labute approximate surface area is 180 Å². The van der Waals surface area contributed by atoms with E-state index in [9.17, 15) is 18.4 Å². The standard InChI is InChI=1S/C20H27BF2N4O2S/c21-12-26-8-7-14(20(22,23)11-26)13-5-9-27(10-6-13)18-4-3-17(30-18)24-15-1-2-16(28)25-19(15)29/h3-4,13-15,24H,1-2,5-12H2,(H,25,28,29). The maximum absolute atomic E-state index is 14.6. The second-order valence-electron chi connectivity index (χ2n) is 8.50. The predicted octanol–water partition coefficient (Wildman–Crippen LogP) is 2.26. The molecule has 2 radical (unpaired) electrons. The van der Waals surface area contributed by atoms with Gasteiger partial charge in [-0.05, 0) is 56.7 Å². The van der Waals surface area contributed by atoms with Gasteiger partial charge in [-0.2, -0.15) is 0 Å². The summed E-state index contributed by atoms with van der Waals surface area (Å²) in [5.41, 5.74) is 0. The van der Waals surface area contributed by atoms with Crippen LogP contribution in [-0.2, 0) is 9.59 Å². The Hall–Kier alpha value is -1.68. The Bertz CT molecular complexity index is 785. The summed E-state index contributed by atoms with van der Waals surface area (Å²) in [4.78, 5) is 27.1. The lowest BCUT2D eigenvalue weighted by molar-refractivity contribution is -0.133. The molecule has 0 saturated carbocycles. The van der Waals surface area contributed by atoms with Crippen molar-refractivity contribution in [2.45, 2.75) is 44.1 Å². The van der Waals surface area contributed by atoms with Gasteiger partial charge in [0.15, 0.2) is 0 Å². The third kappa shape index (κ3) is 4.64. The molecule has 2 amide bonds. The minimum atomic E-state index is -2.67. The van der Waals surface area contributed by atoms with Crippen molar-refractivity contribution in [1.29, 1.82) is 0 Å². The van der Waals surface area contributed by atoms with Gasteiger partial charge in [0.05, 0.1) is 24.4 Å². The molecule has 30 heavy (non-hydrogen) atoms. The van der Waals surface area contributed by atoms with Crippen LogP contribution < -0.4 is 15.5 Å². The zero-order valence-corrected chi connectivity index (χ0v) is 17.7. The van der Waals surface area contributed by atoms with Crippen LogP contribution in [0.4, 0.5) is 18.8 Å². The predicted molar refractivity (Wildman–Crippen MR) is 114 cm³/mol. The Kier molecular flexibility index (Phi) is 6.34. The number of rotatable bonds is 5. The number of nitrogens with one attached hydrogen (secondary N) is 2. The Morgan fingerprint density at radius 1 is 1.17 bits per heavy atom. The van der Waals surface area contributed by atoms with Gasteiger partial charge in [0.25, 0.3) is 5.92 Å². The van der Waals surface area contributed by atoms with Crippen molar-refractivity contribution in [3.63, 3.8) is 0 Å². The average Bonchev–Trinajstić information content (AvgIpc) is 3.18. The van der Waals surface area contributed by atoms with Crippen molar-refractivity contribution in [2.24, 2.45) is 11.8 Å². The molecule has 4 heterocycles. The third-order valence-electron chi connectivity index (χ3n) is 6.56. The van der Waals surface area contributed by atoms with E-state index in [0.29, 0.717) is 25.8 Å². The minimum Gasteiger partial charge on any atom is -0.365 e. The molecular weight excluding hydrogens is 409 g/mol. The number of hydrogen-bond acceptors (Lipinski definition) is 6. The zero-order valence-electron chi connectivity index (χ0n) is 16.9. The number of likely N-dealkylation sites (tertiary alicyclic amines) is 1. The number of thiophene rings is 1. The van der Waals surface area contributed by atoms with E-state index in [1.165, 1.54) is 0 Å². The molecule has 3 aliphatic heterocycles. The molecule has 3 aliphatic rings. The van der Waals surface area contributed by atoms with Crippen molar-refractivity contribution < 1.29 is 18.4 Å². The van der Waals surface area contributed by atoms with E-state index >= 15 is 0 Å². The monoisotopic (exact) mass is 436 g/mol. The van der Waals surface area contributed by atoms with Gasteiger partial charge in [-0.25, -0.2) is 8.78 Å². The number of nitrogens with zero attached hydrogens (tertiary/aromatic N) is 2. The zero-order chi connectivity index (χ0) is 21.3. The molecule has 0 aliphatic carbocycles. The fraction of sp³-hybridized carbons (Fsp3) is 0.700. The fourth-order valence-electron chi connectivity index (χ4n) is 4.86. The smallest absolute Gasteiger partial charge is 0.263 e. The SMILES string of the molecule is [B]CN1CCC(C2CCN(c3ccc(NC4CCC(=O)NC4=O)s3)CC2)C(F)(F)C1. The lowest BCUT2D eigenvalue weighted by Crippen LogP contribution is -2.52. The molecule has 0 spiro atoms. The van der Waals surface area contributed by atoms with Crippen LogP contribution in [0.1, 0.15) is 32.1 Å². The molecule has 2 atom stereocenters. The van der Waals surface area contributed by atoms with Gasteiger partial charge >= 0.3 is 0 Å². The Balaban J connectivity index is 1.31. The van der Waals surface area contributed by atoms with E-state index in [-0.39, 0.29) is 30.7 Å². The molecule has 3 saturated heterocycles. The highest BCUT2D eigenvalue weighted by molar-refractivity contribution is 7.20. The number of amides is 2. The van der Waals surface area contributed by atoms with Crippen LogP contribution in [0.5, 0.6) is 0 Å². The van der Waals surface area contributed by atoms with Crippen LogP contribution in [-0.4, -0.2) is 69.1 Å². The van der Waals surface area contributed by atoms with Crippen LogP contribution in [0, 0.1) is 11.8 Å². The van der Waals surface area contributed by atoms with Crippen molar-refractivity contribution in [2.75, 3.05) is 42.8 Å². The summed E-state index contributed by atoms with van der Waals surface area (Å²) in [6.45, 7) is 1.94. The number of carbonyl (C=O) groups excluding carboxylic acids is 2. The van der Waals surface area contributed by atoms with Crippen LogP contribution in [0.3, 0.4) is 0 Å². The average molecular weight is 436 g/mol. The van der Waals surface area contributed by atoms with E-state index < -0.39 is 17.9 Å². The molecular formula is C20H27BF2N4O2S. The van der Waals surface area contributed by atoms with Crippen molar-refractivity contribution >= 4 is 41.0 Å². The summed E-state index contributed by atoms with van der Waals surface area (Å²) >= 11 is 1.56. The number of imide groups is 1. The molecule has 6 nitrogen and oxygen atoms in total. The first kappa shape index (κ1) is 21.6. The highest BCUT2D eigenvalue weighted by atomic mass is 32.1. The molecule has 4 rings (SSSR count). The van der Waals surface area contributed by atoms with Gasteiger partial charge in [0, 0.05) is 25.4 Å². The summed E-state index contributed by atoms with van der Waals surface area (Å²) in [6.07, 6.45) is 3.04. The minimum absolute atomic E-state index is 0.0391. The van der Waals surface area contributed by atoms with Gasteiger partial charge < -0.3 is 15.1 Å². The first-order valence-electron chi connectivity index (χ1n) is 10.6. The lowest BCUT2D eigenvalue weighted by Gasteiger charge is -2.44. The molecule has 1 aromatic rings. The number of anilines is 2. The van der Waals surface area contributed by atoms with Crippen LogP contribution >= 0.6 is 11.3 Å². The maximum atomic E-state index is 14.6. The summed E-state index contributed by atoms with van der Waals surface area (Å²) < 4.78 is 29.2. The third-order valence-corrected chi connectivity index (χ3v) is 7.64. The first-order valence-corrected chi connectivity index (χ1v) is 11.4. The first-order chi connectivity index (χ1) is 14.4. The molecule has 0 bridgehead atoms. The van der Waals surface area contributed by atoms with E-state index in [0.717, 1.165) is 35.9 Å². The molecule has 10 heteroatoms. The highest BCUT2D eigenvalue weighted by Crippen LogP contribution is 2.43. The van der Waals surface area contributed by atoms with Crippen LogP contribution in [0.25, 0.3) is 0 Å². The number of hydrogen-bond donors (Lipinski definition) is 2. The molecule has 0 aromatic carbocycles. The highest BCUT2D eigenvalue weighted by Gasteiger charge is 2.48. The maximum Gasteiger partial charge on any atom is 0.263 e. The van der Waals surface area contributed by atoms with E-state index in [2.05, 4.69) is 15.5 Å². The van der Waals surface area contributed by atoms with Gasteiger partial charge in [-0.15, -0.1) is 11.3 Å². The summed E-state index contributed by atoms with van der Waals surface area (Å²) in [5.74, 6) is -3.71. The second-order valence-corrected chi connectivity index (χ2v) is 9.56. The number of halogens is 2. The lowest BCUT2D eigenvalue weighted by atomic mass is 9.76. The molecule has 3 fully saturated rings. The summed E-state index contributed by atoms with van der Waals surface area (Å²) in [5, 5.41) is 7.51. The topological polar surface area (TPSA) is 64.7 Å². The second kappa shape index (κ2) is 8.82. The van der Waals surface area contributed by atoms with E-state index in [1.807, 2.05) is 12.1 Å². The summed E-state index contributed by atoms with van der Waals surface area (Å²) in [6, 6.07) is 3.54. The molecule has 162 valence electrons. The van der Waals surface area contributed by atoms with E-state index in [4.69, 9.17) is 7.85 Å². The van der Waals surface area contributed by atoms with Gasteiger partial charge in [0.1, 0.15) is 6.04 Å². The number of piperidine rings is 3. The Morgan fingerprint density at radius 3 is 2.60 bits per heavy atom. The quantitative estimate of drug-likeness (QED) is 0.548. The van der Waals surface area contributed by atoms with Crippen LogP contribution in [0.15, 0.2) is 12.1 Å². The number of alkyl halides is 2. The van der Waals surface area contributed by atoms with Crippen molar-refractivity contribution in [3.8, 4) is 0 Å². The molecule has 2 unspecified atom stereocenters. The Morgan fingerprint density at radius 2 is 1.93 bits per heavy atom. The van der Waals surface area contributed by atoms with Gasteiger partial charge in [0.2, 0.25) is 11.8 Å². The van der Waals surface area contributed by atoms with Gasteiger partial charge in [-0.1, -0.05) is 0 Å². The molecule has 1 aromatic heterocycles. The van der Waals surface area contributed by atoms with Gasteiger partial charge in [-0.3, -0.25) is 14.9 Å². The fourth-order valence-corrected chi connectivity index (χ4v) is 5.87. The van der Waals surface area contributed by atoms with Crippen LogP contribution in [0.2, 0.25) is 0 Å².